The molecule has 194 valence electrons. The zero-order chi connectivity index (χ0) is 24.9. The number of rotatable bonds is 15. The van der Waals surface area contributed by atoms with Gasteiger partial charge in [0.15, 0.2) is 11.6 Å². The van der Waals surface area contributed by atoms with E-state index < -0.39 is 11.6 Å². The highest BCUT2D eigenvalue weighted by Gasteiger charge is 2.22. The van der Waals surface area contributed by atoms with Gasteiger partial charge in [-0.15, -0.1) is 0 Å². The van der Waals surface area contributed by atoms with E-state index in [1.807, 2.05) is 12.1 Å². The number of benzene rings is 2. The van der Waals surface area contributed by atoms with Crippen LogP contribution in [-0.2, 0) is 0 Å². The molecule has 2 aromatic carbocycles. The molecule has 1 aliphatic carbocycles. The van der Waals surface area contributed by atoms with Crippen molar-refractivity contribution in [2.24, 2.45) is 5.92 Å². The molecule has 1 saturated carbocycles. The van der Waals surface area contributed by atoms with Gasteiger partial charge in [-0.05, 0) is 67.2 Å². The topological polar surface area (TPSA) is 9.23 Å². The number of hydrogen-bond acceptors (Lipinski definition) is 1. The number of unbranched alkanes of at least 4 members (excludes halogenated alkanes) is 8. The van der Waals surface area contributed by atoms with Crippen molar-refractivity contribution in [3.05, 3.63) is 53.6 Å². The first-order chi connectivity index (χ1) is 17.1. The Morgan fingerprint density at radius 3 is 2.00 bits per heavy atom. The van der Waals surface area contributed by atoms with Gasteiger partial charge in [0, 0.05) is 5.56 Å². The lowest BCUT2D eigenvalue weighted by Crippen LogP contribution is -2.13. The molecular weight excluding hydrogens is 438 g/mol. The molecule has 0 bridgehead atoms. The smallest absolute Gasteiger partial charge is 0.201 e. The molecule has 0 unspecified atom stereocenters. The van der Waals surface area contributed by atoms with Gasteiger partial charge in [0.2, 0.25) is 5.82 Å². The van der Waals surface area contributed by atoms with Crippen molar-refractivity contribution < 1.29 is 13.5 Å². The fourth-order valence-corrected chi connectivity index (χ4v) is 5.51. The van der Waals surface area contributed by atoms with Crippen LogP contribution in [0.25, 0.3) is 11.1 Å². The summed E-state index contributed by atoms with van der Waals surface area (Å²) in [4.78, 5) is 0. The Morgan fingerprint density at radius 1 is 0.686 bits per heavy atom. The highest BCUT2D eigenvalue weighted by atomic mass is 19.2. The summed E-state index contributed by atoms with van der Waals surface area (Å²) in [6.07, 6.45) is 18.7. The van der Waals surface area contributed by atoms with Crippen molar-refractivity contribution >= 4 is 0 Å². The highest BCUT2D eigenvalue weighted by molar-refractivity contribution is 5.65. The van der Waals surface area contributed by atoms with Crippen LogP contribution in [0.1, 0.15) is 122 Å². The standard InChI is InChI=1S/C32H46F2O/c1-3-5-7-8-9-10-12-24-35-30-23-22-29(31(33)32(30)34)28-20-18-27(19-21-28)26-16-14-25(15-17-26)13-11-6-4-2/h18-23,25-26H,3-17,24H2,1-2H3. The monoisotopic (exact) mass is 484 g/mol. The van der Waals surface area contributed by atoms with Gasteiger partial charge in [-0.1, -0.05) is 102 Å². The molecule has 35 heavy (non-hydrogen) atoms. The maximum Gasteiger partial charge on any atom is 0.201 e. The maximum absolute atomic E-state index is 14.9. The minimum absolute atomic E-state index is 0.0181. The minimum Gasteiger partial charge on any atom is -0.490 e. The Hall–Kier alpha value is -1.90. The van der Waals surface area contributed by atoms with Crippen LogP contribution < -0.4 is 4.74 Å². The van der Waals surface area contributed by atoms with Crippen LogP contribution in [0.2, 0.25) is 0 Å². The summed E-state index contributed by atoms with van der Waals surface area (Å²) in [6.45, 7) is 4.91. The Kier molecular flexibility index (Phi) is 12.1. The fourth-order valence-electron chi connectivity index (χ4n) is 5.51. The molecule has 0 amide bonds. The average molecular weight is 485 g/mol. The normalized spacial score (nSPS) is 18.1. The molecular formula is C32H46F2O. The van der Waals surface area contributed by atoms with E-state index in [2.05, 4.69) is 26.0 Å². The second kappa shape index (κ2) is 15.3. The molecule has 0 N–H and O–H groups in total. The Morgan fingerprint density at radius 2 is 1.31 bits per heavy atom. The Balaban J connectivity index is 1.49. The van der Waals surface area contributed by atoms with Crippen LogP contribution in [0, 0.1) is 17.6 Å². The summed E-state index contributed by atoms with van der Waals surface area (Å²) in [5.74, 6) is -0.195. The molecule has 3 heteroatoms. The van der Waals surface area contributed by atoms with Crippen LogP contribution in [0.3, 0.4) is 0 Å². The van der Waals surface area contributed by atoms with Crippen molar-refractivity contribution in [2.75, 3.05) is 6.61 Å². The van der Waals surface area contributed by atoms with Crippen LogP contribution in [0.4, 0.5) is 8.78 Å². The summed E-state index contributed by atoms with van der Waals surface area (Å²) < 4.78 is 35.1. The first-order valence-corrected chi connectivity index (χ1v) is 14.3. The van der Waals surface area contributed by atoms with Gasteiger partial charge in [-0.2, -0.15) is 4.39 Å². The van der Waals surface area contributed by atoms with Gasteiger partial charge in [0.1, 0.15) is 0 Å². The van der Waals surface area contributed by atoms with Gasteiger partial charge in [0.25, 0.3) is 0 Å². The van der Waals surface area contributed by atoms with E-state index in [4.69, 9.17) is 4.74 Å². The summed E-state index contributed by atoms with van der Waals surface area (Å²) in [5.41, 5.74) is 2.35. The van der Waals surface area contributed by atoms with E-state index in [-0.39, 0.29) is 5.75 Å². The van der Waals surface area contributed by atoms with Crippen LogP contribution in [-0.4, -0.2) is 6.61 Å². The molecule has 0 aromatic heterocycles. The third-order valence-corrected chi connectivity index (χ3v) is 7.81. The van der Waals surface area contributed by atoms with Gasteiger partial charge in [-0.25, -0.2) is 4.39 Å². The summed E-state index contributed by atoms with van der Waals surface area (Å²) in [7, 11) is 0. The zero-order valence-electron chi connectivity index (χ0n) is 22.1. The van der Waals surface area contributed by atoms with E-state index in [1.54, 1.807) is 12.1 Å². The average Bonchev–Trinajstić information content (AvgIpc) is 2.89. The SMILES string of the molecule is CCCCCCCCCOc1ccc(-c2ccc(C3CCC(CCCCC)CC3)cc2)c(F)c1F. The van der Waals surface area contributed by atoms with Crippen molar-refractivity contribution in [1.82, 2.24) is 0 Å². The predicted molar refractivity (Wildman–Crippen MR) is 144 cm³/mol. The molecule has 0 radical (unpaired) electrons. The number of hydrogen-bond donors (Lipinski definition) is 0. The summed E-state index contributed by atoms with van der Waals surface area (Å²) in [6, 6.07) is 11.3. The minimum atomic E-state index is -0.879. The van der Waals surface area contributed by atoms with Crippen molar-refractivity contribution in [3.8, 4) is 16.9 Å². The first kappa shape index (κ1) is 27.7. The molecule has 3 rings (SSSR count). The lowest BCUT2D eigenvalue weighted by molar-refractivity contribution is 0.285. The molecule has 1 fully saturated rings. The van der Waals surface area contributed by atoms with Gasteiger partial charge in [0.05, 0.1) is 6.61 Å². The largest absolute Gasteiger partial charge is 0.490 e. The molecule has 1 aliphatic rings. The molecule has 0 atom stereocenters. The first-order valence-electron chi connectivity index (χ1n) is 14.3. The third-order valence-electron chi connectivity index (χ3n) is 7.81. The van der Waals surface area contributed by atoms with Crippen molar-refractivity contribution in [1.29, 1.82) is 0 Å². The van der Waals surface area contributed by atoms with E-state index in [1.165, 1.54) is 89.0 Å². The third kappa shape index (κ3) is 8.62. The molecule has 1 nitrogen and oxygen atoms in total. The molecule has 0 spiro atoms. The maximum atomic E-state index is 14.9. The lowest BCUT2D eigenvalue weighted by atomic mass is 9.77. The molecule has 0 saturated heterocycles. The Bertz CT molecular complexity index is 853. The summed E-state index contributed by atoms with van der Waals surface area (Å²) in [5, 5.41) is 0. The van der Waals surface area contributed by atoms with Crippen molar-refractivity contribution in [3.63, 3.8) is 0 Å². The fraction of sp³-hybridized carbons (Fsp3) is 0.625. The second-order valence-electron chi connectivity index (χ2n) is 10.5. The van der Waals surface area contributed by atoms with E-state index in [9.17, 15) is 8.78 Å². The van der Waals surface area contributed by atoms with Crippen LogP contribution in [0.15, 0.2) is 36.4 Å². The predicted octanol–water partition coefficient (Wildman–Crippen LogP) is 10.6. The quantitative estimate of drug-likeness (QED) is 0.228. The lowest BCUT2D eigenvalue weighted by Gasteiger charge is -2.29. The van der Waals surface area contributed by atoms with Crippen LogP contribution >= 0.6 is 0 Å². The number of halogens is 2. The molecule has 0 aliphatic heterocycles. The van der Waals surface area contributed by atoms with Gasteiger partial charge < -0.3 is 4.74 Å². The van der Waals surface area contributed by atoms with Crippen molar-refractivity contribution in [2.45, 2.75) is 116 Å². The summed E-state index contributed by atoms with van der Waals surface area (Å²) >= 11 is 0. The molecule has 0 heterocycles. The number of ether oxygens (including phenoxy) is 1. The van der Waals surface area contributed by atoms with E-state index in [0.29, 0.717) is 18.1 Å². The molecule has 2 aromatic rings. The zero-order valence-corrected chi connectivity index (χ0v) is 22.1. The van der Waals surface area contributed by atoms with Gasteiger partial charge in [-0.3, -0.25) is 0 Å². The second-order valence-corrected chi connectivity index (χ2v) is 10.5. The van der Waals surface area contributed by atoms with Crippen LogP contribution in [0.5, 0.6) is 5.75 Å². The highest BCUT2D eigenvalue weighted by Crippen LogP contribution is 2.38. The van der Waals surface area contributed by atoms with E-state index in [0.717, 1.165) is 24.3 Å². The van der Waals surface area contributed by atoms with Gasteiger partial charge >= 0.3 is 0 Å². The Labute approximate surface area is 212 Å². The van der Waals surface area contributed by atoms with E-state index >= 15 is 0 Å².